The van der Waals surface area contributed by atoms with Gasteiger partial charge in [0.1, 0.15) is 12.4 Å². The van der Waals surface area contributed by atoms with Crippen LogP contribution in [0.4, 0.5) is 0 Å². The van der Waals surface area contributed by atoms with Gasteiger partial charge in [0.05, 0.1) is 11.2 Å². The summed E-state index contributed by atoms with van der Waals surface area (Å²) in [6.07, 6.45) is 7.41. The summed E-state index contributed by atoms with van der Waals surface area (Å²) >= 11 is 5.88. The molecule has 17 heavy (non-hydrogen) atoms. The van der Waals surface area contributed by atoms with Gasteiger partial charge in [-0.25, -0.2) is 0 Å². The van der Waals surface area contributed by atoms with Gasteiger partial charge in [0, 0.05) is 24.3 Å². The number of hydrogen-bond acceptors (Lipinski definition) is 3. The van der Waals surface area contributed by atoms with E-state index in [2.05, 4.69) is 16.9 Å². The first kappa shape index (κ1) is 11.3. The van der Waals surface area contributed by atoms with Crippen LogP contribution in [0.2, 0.25) is 5.02 Å². The zero-order valence-electron chi connectivity index (χ0n) is 9.97. The maximum absolute atomic E-state index is 5.88. The fourth-order valence-electron chi connectivity index (χ4n) is 3.22. The Labute approximate surface area is 107 Å². The Hall–Kier alpha value is -0.800. The third-order valence-corrected chi connectivity index (χ3v) is 4.40. The second-order valence-corrected chi connectivity index (χ2v) is 5.55. The first-order valence-corrected chi connectivity index (χ1v) is 6.57. The Balaban J connectivity index is 1.61. The maximum Gasteiger partial charge on any atom is 0.139 e. The van der Waals surface area contributed by atoms with E-state index in [1.165, 1.54) is 19.3 Å². The molecule has 1 saturated heterocycles. The Morgan fingerprint density at radius 3 is 3.06 bits per heavy atom. The van der Waals surface area contributed by atoms with Crippen LogP contribution >= 0.6 is 11.6 Å². The monoisotopic (exact) mass is 252 g/mol. The summed E-state index contributed by atoms with van der Waals surface area (Å²) < 4.78 is 5.81. The second-order valence-electron chi connectivity index (χ2n) is 5.11. The molecule has 3 atom stereocenters. The predicted octanol–water partition coefficient (Wildman–Crippen LogP) is 2.60. The molecular weight excluding hydrogens is 236 g/mol. The largest absolute Gasteiger partial charge is 0.490 e. The van der Waals surface area contributed by atoms with Crippen molar-refractivity contribution in [3.8, 4) is 5.75 Å². The highest BCUT2D eigenvalue weighted by molar-refractivity contribution is 6.30. The van der Waals surface area contributed by atoms with E-state index in [1.807, 2.05) is 6.07 Å². The number of hydrogen-bond donors (Lipinski definition) is 0. The standard InChI is InChI=1S/C13H17ClN2O/c1-16-11-3-2-9(4-11)13(16)8-17-12-5-10(14)6-15-7-12/h5-7,9,11,13H,2-4,8H2,1H3/t9-,11+,13?/m0/s1. The summed E-state index contributed by atoms with van der Waals surface area (Å²) in [6, 6.07) is 3.17. The molecule has 0 amide bonds. The average molecular weight is 253 g/mol. The number of piperidine rings is 1. The zero-order valence-corrected chi connectivity index (χ0v) is 10.7. The van der Waals surface area contributed by atoms with Gasteiger partial charge in [0.2, 0.25) is 0 Å². The molecule has 3 nitrogen and oxygen atoms in total. The molecule has 0 radical (unpaired) electrons. The molecule has 1 aromatic rings. The molecule has 1 saturated carbocycles. The number of ether oxygens (including phenoxy) is 1. The van der Waals surface area contributed by atoms with Crippen molar-refractivity contribution >= 4 is 11.6 Å². The van der Waals surface area contributed by atoms with Crippen molar-refractivity contribution < 1.29 is 4.74 Å². The molecule has 1 aliphatic carbocycles. The van der Waals surface area contributed by atoms with Crippen molar-refractivity contribution in [3.63, 3.8) is 0 Å². The molecule has 1 aromatic heterocycles. The summed E-state index contributed by atoms with van der Waals surface area (Å²) in [4.78, 5) is 6.50. The van der Waals surface area contributed by atoms with Crippen LogP contribution in [0, 0.1) is 5.92 Å². The molecule has 2 heterocycles. The summed E-state index contributed by atoms with van der Waals surface area (Å²) in [5, 5.41) is 0.629. The number of rotatable bonds is 3. The van der Waals surface area contributed by atoms with Crippen LogP contribution in [0.15, 0.2) is 18.5 Å². The molecule has 1 unspecified atom stereocenters. The third kappa shape index (κ3) is 2.14. The minimum atomic E-state index is 0.563. The lowest BCUT2D eigenvalue weighted by atomic mass is 10.00. The molecule has 2 bridgehead atoms. The number of pyridine rings is 1. The number of nitrogens with zero attached hydrogens (tertiary/aromatic N) is 2. The number of likely N-dealkylation sites (N-methyl/N-ethyl adjacent to an activating group) is 1. The summed E-state index contributed by atoms with van der Waals surface area (Å²) in [6.45, 7) is 0.750. The van der Waals surface area contributed by atoms with E-state index in [9.17, 15) is 0 Å². The summed E-state index contributed by atoms with van der Waals surface area (Å²) in [5.74, 6) is 1.59. The lowest BCUT2D eigenvalue weighted by molar-refractivity contribution is 0.118. The van der Waals surface area contributed by atoms with Gasteiger partial charge in [0.15, 0.2) is 0 Å². The second kappa shape index (κ2) is 4.46. The number of halogens is 1. The van der Waals surface area contributed by atoms with Crippen molar-refractivity contribution in [1.29, 1.82) is 0 Å². The van der Waals surface area contributed by atoms with Gasteiger partial charge in [-0.1, -0.05) is 11.6 Å². The van der Waals surface area contributed by atoms with Gasteiger partial charge in [-0.05, 0) is 32.2 Å². The van der Waals surface area contributed by atoms with Crippen LogP contribution in [0.5, 0.6) is 5.75 Å². The maximum atomic E-state index is 5.88. The van der Waals surface area contributed by atoms with E-state index in [0.29, 0.717) is 11.1 Å². The summed E-state index contributed by atoms with van der Waals surface area (Å²) in [7, 11) is 2.22. The topological polar surface area (TPSA) is 25.4 Å². The first-order chi connectivity index (χ1) is 8.24. The van der Waals surface area contributed by atoms with E-state index in [0.717, 1.165) is 24.3 Å². The van der Waals surface area contributed by atoms with Crippen LogP contribution in [-0.4, -0.2) is 35.6 Å². The van der Waals surface area contributed by atoms with Gasteiger partial charge >= 0.3 is 0 Å². The van der Waals surface area contributed by atoms with Crippen molar-refractivity contribution in [1.82, 2.24) is 9.88 Å². The first-order valence-electron chi connectivity index (χ1n) is 6.19. The van der Waals surface area contributed by atoms with E-state index < -0.39 is 0 Å². The van der Waals surface area contributed by atoms with Crippen LogP contribution in [0.25, 0.3) is 0 Å². The highest BCUT2D eigenvalue weighted by Gasteiger charge is 2.43. The van der Waals surface area contributed by atoms with Gasteiger partial charge in [-0.2, -0.15) is 0 Å². The molecule has 2 aliphatic rings. The molecular formula is C13H17ClN2O. The Bertz CT molecular complexity index is 410. The molecule has 0 N–H and O–H groups in total. The van der Waals surface area contributed by atoms with Crippen LogP contribution in [0.3, 0.4) is 0 Å². The number of aromatic nitrogens is 1. The lowest BCUT2D eigenvalue weighted by Crippen LogP contribution is -2.41. The van der Waals surface area contributed by atoms with Gasteiger partial charge < -0.3 is 4.74 Å². The molecule has 0 aromatic carbocycles. The van der Waals surface area contributed by atoms with Gasteiger partial charge in [-0.3, -0.25) is 9.88 Å². The summed E-state index contributed by atoms with van der Waals surface area (Å²) in [5.41, 5.74) is 0. The molecule has 2 fully saturated rings. The van der Waals surface area contributed by atoms with Gasteiger partial charge in [-0.15, -0.1) is 0 Å². The zero-order chi connectivity index (χ0) is 11.8. The van der Waals surface area contributed by atoms with Crippen molar-refractivity contribution in [2.24, 2.45) is 5.92 Å². The SMILES string of the molecule is CN1C(COc2cncc(Cl)c2)[C@H]2CC[C@@H]1C2. The number of likely N-dealkylation sites (tertiary alicyclic amines) is 1. The van der Waals surface area contributed by atoms with E-state index >= 15 is 0 Å². The highest BCUT2D eigenvalue weighted by atomic mass is 35.5. The van der Waals surface area contributed by atoms with Crippen LogP contribution < -0.4 is 4.74 Å². The molecule has 92 valence electrons. The minimum Gasteiger partial charge on any atom is -0.490 e. The normalized spacial score (nSPS) is 32.0. The number of fused-ring (bicyclic) bond motifs is 2. The fourth-order valence-corrected chi connectivity index (χ4v) is 3.38. The Morgan fingerprint density at radius 1 is 1.47 bits per heavy atom. The van der Waals surface area contributed by atoms with Crippen molar-refractivity contribution in [3.05, 3.63) is 23.5 Å². The molecule has 1 aliphatic heterocycles. The molecule has 0 spiro atoms. The van der Waals surface area contributed by atoms with E-state index in [-0.39, 0.29) is 0 Å². The molecule has 4 heteroatoms. The quantitative estimate of drug-likeness (QED) is 0.827. The van der Waals surface area contributed by atoms with Crippen molar-refractivity contribution in [2.45, 2.75) is 31.3 Å². The highest BCUT2D eigenvalue weighted by Crippen LogP contribution is 2.41. The van der Waals surface area contributed by atoms with Crippen LogP contribution in [0.1, 0.15) is 19.3 Å². The van der Waals surface area contributed by atoms with Crippen LogP contribution in [-0.2, 0) is 0 Å². The van der Waals surface area contributed by atoms with Gasteiger partial charge in [0.25, 0.3) is 0 Å². The smallest absolute Gasteiger partial charge is 0.139 e. The lowest BCUT2D eigenvalue weighted by Gasteiger charge is -2.31. The van der Waals surface area contributed by atoms with E-state index in [4.69, 9.17) is 16.3 Å². The minimum absolute atomic E-state index is 0.563. The third-order valence-electron chi connectivity index (χ3n) is 4.19. The predicted molar refractivity (Wildman–Crippen MR) is 67.4 cm³/mol. The average Bonchev–Trinajstić information content (AvgIpc) is 2.88. The van der Waals surface area contributed by atoms with E-state index in [1.54, 1.807) is 12.4 Å². The Morgan fingerprint density at radius 2 is 2.35 bits per heavy atom. The Kier molecular flexibility index (Phi) is 2.97. The van der Waals surface area contributed by atoms with Crippen molar-refractivity contribution in [2.75, 3.05) is 13.7 Å². The fraction of sp³-hybridized carbons (Fsp3) is 0.615. The molecule has 3 rings (SSSR count).